The SMILES string of the molecule is CCc1ccc2c(c1)C(O)(CC(=O)c1cccc(Br)c1)C(=O)N2. The van der Waals surface area contributed by atoms with Crippen molar-refractivity contribution in [3.63, 3.8) is 0 Å². The molecule has 118 valence electrons. The minimum Gasteiger partial charge on any atom is -0.375 e. The maximum absolute atomic E-state index is 12.5. The van der Waals surface area contributed by atoms with E-state index in [1.54, 1.807) is 30.3 Å². The Hall–Kier alpha value is -1.98. The van der Waals surface area contributed by atoms with E-state index in [0.717, 1.165) is 16.5 Å². The molecule has 1 unspecified atom stereocenters. The largest absolute Gasteiger partial charge is 0.375 e. The van der Waals surface area contributed by atoms with Gasteiger partial charge in [0.2, 0.25) is 0 Å². The Bertz CT molecular complexity index is 803. The number of amides is 1. The summed E-state index contributed by atoms with van der Waals surface area (Å²) in [5, 5.41) is 13.5. The fraction of sp³-hybridized carbons (Fsp3) is 0.222. The molecule has 0 aromatic heterocycles. The molecule has 3 rings (SSSR count). The van der Waals surface area contributed by atoms with E-state index in [1.165, 1.54) is 0 Å². The normalized spacial score (nSPS) is 19.3. The summed E-state index contributed by atoms with van der Waals surface area (Å²) in [6, 6.07) is 12.4. The summed E-state index contributed by atoms with van der Waals surface area (Å²) in [5.41, 5.74) is 0.691. The predicted molar refractivity (Wildman–Crippen MR) is 91.4 cm³/mol. The van der Waals surface area contributed by atoms with Gasteiger partial charge in [0.15, 0.2) is 11.4 Å². The zero-order valence-electron chi connectivity index (χ0n) is 12.6. The zero-order valence-corrected chi connectivity index (χ0v) is 14.2. The first-order valence-corrected chi connectivity index (χ1v) is 8.19. The molecule has 1 aliphatic heterocycles. The van der Waals surface area contributed by atoms with Gasteiger partial charge in [0, 0.05) is 21.3 Å². The van der Waals surface area contributed by atoms with Crippen LogP contribution in [0, 0.1) is 0 Å². The number of hydrogen-bond donors (Lipinski definition) is 2. The van der Waals surface area contributed by atoms with Gasteiger partial charge in [0.1, 0.15) is 0 Å². The molecule has 5 heteroatoms. The third-order valence-electron chi connectivity index (χ3n) is 4.12. The lowest BCUT2D eigenvalue weighted by Gasteiger charge is -2.20. The lowest BCUT2D eigenvalue weighted by molar-refractivity contribution is -0.133. The number of aryl methyl sites for hydroxylation is 1. The topological polar surface area (TPSA) is 66.4 Å². The highest BCUT2D eigenvalue weighted by molar-refractivity contribution is 9.10. The molecule has 23 heavy (non-hydrogen) atoms. The summed E-state index contributed by atoms with van der Waals surface area (Å²) in [6.45, 7) is 2.00. The van der Waals surface area contributed by atoms with E-state index in [1.807, 2.05) is 19.1 Å². The van der Waals surface area contributed by atoms with Gasteiger partial charge >= 0.3 is 0 Å². The van der Waals surface area contributed by atoms with Gasteiger partial charge in [0.05, 0.1) is 6.42 Å². The monoisotopic (exact) mass is 373 g/mol. The molecule has 2 aromatic rings. The Morgan fingerprint density at radius 1 is 1.26 bits per heavy atom. The van der Waals surface area contributed by atoms with Gasteiger partial charge in [-0.15, -0.1) is 0 Å². The number of fused-ring (bicyclic) bond motifs is 1. The number of hydrogen-bond acceptors (Lipinski definition) is 3. The van der Waals surface area contributed by atoms with E-state index in [9.17, 15) is 14.7 Å². The molecule has 0 saturated heterocycles. The predicted octanol–water partition coefficient (Wildman–Crippen LogP) is 3.42. The molecule has 2 aromatic carbocycles. The maximum atomic E-state index is 12.5. The molecule has 1 amide bonds. The summed E-state index contributed by atoms with van der Waals surface area (Å²) in [5.74, 6) is -0.831. The van der Waals surface area contributed by atoms with E-state index in [2.05, 4.69) is 21.2 Å². The Morgan fingerprint density at radius 3 is 2.74 bits per heavy atom. The van der Waals surface area contributed by atoms with Gasteiger partial charge in [-0.3, -0.25) is 9.59 Å². The molecular weight excluding hydrogens is 358 g/mol. The smallest absolute Gasteiger partial charge is 0.261 e. The van der Waals surface area contributed by atoms with E-state index >= 15 is 0 Å². The van der Waals surface area contributed by atoms with E-state index in [0.29, 0.717) is 16.8 Å². The van der Waals surface area contributed by atoms with Crippen molar-refractivity contribution >= 4 is 33.3 Å². The van der Waals surface area contributed by atoms with E-state index < -0.39 is 11.5 Å². The Kier molecular flexibility index (Phi) is 4.08. The van der Waals surface area contributed by atoms with Gasteiger partial charge in [-0.2, -0.15) is 0 Å². The minimum atomic E-state index is -1.82. The minimum absolute atomic E-state index is 0.279. The second-order valence-electron chi connectivity index (χ2n) is 5.66. The number of halogens is 1. The van der Waals surface area contributed by atoms with Crippen molar-refractivity contribution in [3.8, 4) is 0 Å². The number of carbonyl (C=O) groups is 2. The molecule has 1 atom stereocenters. The first-order chi connectivity index (χ1) is 10.9. The van der Waals surface area contributed by atoms with Crippen molar-refractivity contribution < 1.29 is 14.7 Å². The molecule has 4 nitrogen and oxygen atoms in total. The fourth-order valence-corrected chi connectivity index (χ4v) is 3.18. The van der Waals surface area contributed by atoms with Crippen molar-refractivity contribution in [1.29, 1.82) is 0 Å². The van der Waals surface area contributed by atoms with Gasteiger partial charge in [-0.1, -0.05) is 47.1 Å². The van der Waals surface area contributed by atoms with Crippen LogP contribution in [0.25, 0.3) is 0 Å². The van der Waals surface area contributed by atoms with Crippen LogP contribution in [0.3, 0.4) is 0 Å². The van der Waals surface area contributed by atoms with E-state index in [-0.39, 0.29) is 12.2 Å². The van der Waals surface area contributed by atoms with Crippen LogP contribution in [-0.4, -0.2) is 16.8 Å². The first kappa shape index (κ1) is 15.9. The van der Waals surface area contributed by atoms with Crippen molar-refractivity contribution in [1.82, 2.24) is 0 Å². The average Bonchev–Trinajstić information content (AvgIpc) is 2.78. The van der Waals surface area contributed by atoms with Crippen LogP contribution in [0.5, 0.6) is 0 Å². The highest BCUT2D eigenvalue weighted by atomic mass is 79.9. The van der Waals surface area contributed by atoms with E-state index in [4.69, 9.17) is 0 Å². The summed E-state index contributed by atoms with van der Waals surface area (Å²) < 4.78 is 0.778. The Labute approximate surface area is 142 Å². The number of anilines is 1. The Morgan fingerprint density at radius 2 is 2.04 bits per heavy atom. The molecule has 1 heterocycles. The molecule has 0 spiro atoms. The quantitative estimate of drug-likeness (QED) is 0.806. The number of Topliss-reactive ketones (excluding diaryl/α,β-unsaturated/α-hetero) is 1. The number of ketones is 1. The fourth-order valence-electron chi connectivity index (χ4n) is 2.78. The highest BCUT2D eigenvalue weighted by Crippen LogP contribution is 2.39. The van der Waals surface area contributed by atoms with Crippen molar-refractivity contribution in [2.75, 3.05) is 5.32 Å². The molecule has 0 bridgehead atoms. The van der Waals surface area contributed by atoms with Gasteiger partial charge in [0.25, 0.3) is 5.91 Å². The van der Waals surface area contributed by atoms with Crippen LogP contribution in [0.15, 0.2) is 46.9 Å². The van der Waals surface area contributed by atoms with Crippen molar-refractivity contribution in [2.45, 2.75) is 25.4 Å². The second-order valence-corrected chi connectivity index (χ2v) is 6.57. The summed E-state index contributed by atoms with van der Waals surface area (Å²) in [6.07, 6.45) is 0.507. The van der Waals surface area contributed by atoms with Crippen LogP contribution >= 0.6 is 15.9 Å². The summed E-state index contributed by atoms with van der Waals surface area (Å²) >= 11 is 3.32. The summed E-state index contributed by atoms with van der Waals surface area (Å²) in [7, 11) is 0. The third-order valence-corrected chi connectivity index (χ3v) is 4.62. The molecule has 0 aliphatic carbocycles. The molecule has 2 N–H and O–H groups in total. The first-order valence-electron chi connectivity index (χ1n) is 7.40. The lowest BCUT2D eigenvalue weighted by Crippen LogP contribution is -2.36. The molecule has 0 fully saturated rings. The number of nitrogens with one attached hydrogen (secondary N) is 1. The van der Waals surface area contributed by atoms with Gasteiger partial charge in [-0.05, 0) is 30.2 Å². The van der Waals surface area contributed by atoms with Gasteiger partial charge in [-0.25, -0.2) is 0 Å². The highest BCUT2D eigenvalue weighted by Gasteiger charge is 2.46. The van der Waals surface area contributed by atoms with Crippen LogP contribution in [0.4, 0.5) is 5.69 Å². The van der Waals surface area contributed by atoms with Crippen molar-refractivity contribution in [3.05, 3.63) is 63.6 Å². The number of rotatable bonds is 4. The van der Waals surface area contributed by atoms with Crippen LogP contribution < -0.4 is 5.32 Å². The van der Waals surface area contributed by atoms with Crippen LogP contribution in [0.2, 0.25) is 0 Å². The molecule has 0 radical (unpaired) electrons. The number of carbonyl (C=O) groups excluding carboxylic acids is 2. The number of benzene rings is 2. The maximum Gasteiger partial charge on any atom is 0.261 e. The Balaban J connectivity index is 1.96. The molecule has 0 saturated carbocycles. The summed E-state index contributed by atoms with van der Waals surface area (Å²) in [4.78, 5) is 24.8. The van der Waals surface area contributed by atoms with Crippen LogP contribution in [0.1, 0.15) is 34.8 Å². The zero-order chi connectivity index (χ0) is 16.6. The standard InChI is InChI=1S/C18H16BrNO3/c1-2-11-6-7-15-14(8-11)18(23,17(22)20-15)10-16(21)12-4-3-5-13(19)9-12/h3-9,23H,2,10H2,1H3,(H,20,22). The number of aliphatic hydroxyl groups is 1. The van der Waals surface area contributed by atoms with Crippen LogP contribution in [-0.2, 0) is 16.8 Å². The second kappa shape index (κ2) is 5.91. The lowest BCUT2D eigenvalue weighted by atomic mass is 9.87. The molecule has 1 aliphatic rings. The average molecular weight is 374 g/mol. The molecular formula is C18H16BrNO3. The third kappa shape index (κ3) is 2.82. The van der Waals surface area contributed by atoms with Crippen molar-refractivity contribution in [2.24, 2.45) is 0 Å². The van der Waals surface area contributed by atoms with Gasteiger partial charge < -0.3 is 10.4 Å².